The van der Waals surface area contributed by atoms with Gasteiger partial charge in [-0.2, -0.15) is 0 Å². The molecule has 0 radical (unpaired) electrons. The molecule has 5 heteroatoms. The molecule has 0 unspecified atom stereocenters. The first kappa shape index (κ1) is 12.0. The van der Waals surface area contributed by atoms with Gasteiger partial charge in [-0.1, -0.05) is 16.5 Å². The van der Waals surface area contributed by atoms with Crippen molar-refractivity contribution in [2.24, 2.45) is 0 Å². The molecule has 0 aliphatic heterocycles. The molecular weight excluding hydrogens is 187 g/mol. The van der Waals surface area contributed by atoms with E-state index in [1.165, 1.54) is 18.2 Å². The summed E-state index contributed by atoms with van der Waals surface area (Å²) < 4.78 is 20.9. The Morgan fingerprint density at radius 2 is 1.92 bits per heavy atom. The molecule has 0 heterocycles. The van der Waals surface area contributed by atoms with E-state index < -0.39 is 10.7 Å². The quantitative estimate of drug-likeness (QED) is 0.431. The number of aromatic hydroxyl groups is 1. The predicted molar refractivity (Wildman–Crippen MR) is 39.8 cm³/mol. The van der Waals surface area contributed by atoms with Crippen LogP contribution in [0.3, 0.4) is 0 Å². The van der Waals surface area contributed by atoms with Gasteiger partial charge in [-0.15, -0.1) is 0 Å². The summed E-state index contributed by atoms with van der Waals surface area (Å²) in [5.41, 5.74) is 0.554. The molecule has 0 bridgehead atoms. The van der Waals surface area contributed by atoms with Crippen LogP contribution in [0.25, 0.3) is 0 Å². The Balaban J connectivity index is 0.00000121. The third-order valence-corrected chi connectivity index (χ3v) is 2.16. The minimum atomic E-state index is -2.21. The van der Waals surface area contributed by atoms with Gasteiger partial charge in [-0.25, -0.2) is 0 Å². The van der Waals surface area contributed by atoms with Gasteiger partial charge >= 0.3 is 29.6 Å². The van der Waals surface area contributed by atoms with E-state index in [1.54, 1.807) is 6.92 Å². The van der Waals surface area contributed by atoms with E-state index in [2.05, 4.69) is 0 Å². The van der Waals surface area contributed by atoms with Gasteiger partial charge in [0.25, 0.3) is 0 Å². The third-order valence-electron chi connectivity index (χ3n) is 1.34. The molecule has 1 N–H and O–H groups in total. The van der Waals surface area contributed by atoms with Gasteiger partial charge < -0.3 is 13.5 Å². The second-order valence-corrected chi connectivity index (χ2v) is 3.09. The molecule has 0 aliphatic carbocycles. The average molecular weight is 194 g/mol. The van der Waals surface area contributed by atoms with Gasteiger partial charge in [0.1, 0.15) is 5.75 Å². The van der Waals surface area contributed by atoms with E-state index in [9.17, 15) is 8.42 Å². The number of hydrogen-bond donors (Lipinski definition) is 1. The van der Waals surface area contributed by atoms with Crippen molar-refractivity contribution in [3.8, 4) is 5.75 Å². The van der Waals surface area contributed by atoms with Crippen LogP contribution in [-0.4, -0.2) is 5.11 Å². The topological polar surface area (TPSA) is 54.4 Å². The first-order valence-electron chi connectivity index (χ1n) is 3.00. The van der Waals surface area contributed by atoms with E-state index in [0.29, 0.717) is 5.56 Å². The van der Waals surface area contributed by atoms with Crippen LogP contribution in [0.1, 0.15) is 5.56 Å². The second kappa shape index (κ2) is 4.87. The minimum Gasteiger partial charge on any atom is -0.508 e. The zero-order valence-electron chi connectivity index (χ0n) is 6.90. The van der Waals surface area contributed by atoms with Crippen molar-refractivity contribution in [3.63, 3.8) is 0 Å². The van der Waals surface area contributed by atoms with E-state index in [-0.39, 0.29) is 40.2 Å². The fourth-order valence-electron chi connectivity index (χ4n) is 0.821. The standard InChI is InChI=1S/C7H7O3S.Na/c1-5-4-6(8)2-3-7(5)11(9)10;/h2-4,8H,1H3;/q-1;+1. The Morgan fingerprint density at radius 1 is 1.33 bits per heavy atom. The van der Waals surface area contributed by atoms with Crippen LogP contribution in [0.4, 0.5) is 0 Å². The van der Waals surface area contributed by atoms with Crippen LogP contribution in [0, 0.1) is 6.92 Å². The fraction of sp³-hybridized carbons (Fsp3) is 0.143. The van der Waals surface area contributed by atoms with Crippen molar-refractivity contribution < 1.29 is 43.1 Å². The van der Waals surface area contributed by atoms with E-state index in [4.69, 9.17) is 5.11 Å². The third kappa shape index (κ3) is 2.79. The smallest absolute Gasteiger partial charge is 0.508 e. The monoisotopic (exact) mass is 194 g/mol. The van der Waals surface area contributed by atoms with E-state index >= 15 is 0 Å². The average Bonchev–Trinajstić information content (AvgIpc) is 1.85. The second-order valence-electron chi connectivity index (χ2n) is 2.18. The number of benzene rings is 1. The van der Waals surface area contributed by atoms with E-state index in [0.717, 1.165) is 0 Å². The van der Waals surface area contributed by atoms with Crippen LogP contribution >= 0.6 is 0 Å². The van der Waals surface area contributed by atoms with Crippen molar-refractivity contribution in [2.75, 3.05) is 0 Å². The first-order valence-corrected chi connectivity index (χ1v) is 4.07. The van der Waals surface area contributed by atoms with Crippen molar-refractivity contribution in [2.45, 2.75) is 11.8 Å². The molecular formula is C7H7NaO3S. The number of phenols is 1. The Labute approximate surface area is 94.7 Å². The summed E-state index contributed by atoms with van der Waals surface area (Å²) >= 11 is 0. The molecule has 0 fully saturated rings. The van der Waals surface area contributed by atoms with Crippen LogP contribution in [-0.2, 0) is 19.1 Å². The largest absolute Gasteiger partial charge is 1.00 e. The van der Waals surface area contributed by atoms with Gasteiger partial charge in [0.2, 0.25) is 0 Å². The van der Waals surface area contributed by atoms with Crippen molar-refractivity contribution >= 4 is 10.7 Å². The Morgan fingerprint density at radius 3 is 2.33 bits per heavy atom. The van der Waals surface area contributed by atoms with Crippen LogP contribution in [0.15, 0.2) is 23.1 Å². The zero-order valence-corrected chi connectivity index (χ0v) is 9.72. The molecule has 0 spiro atoms. The summed E-state index contributed by atoms with van der Waals surface area (Å²) in [5, 5.41) is 8.92. The maximum absolute atomic E-state index is 10.5. The number of aryl methyl sites for hydroxylation is 1. The molecule has 1 aromatic carbocycles. The number of rotatable bonds is 1. The summed E-state index contributed by atoms with van der Waals surface area (Å²) in [6.07, 6.45) is 0. The molecule has 12 heavy (non-hydrogen) atoms. The minimum absolute atomic E-state index is 0. The number of hydrogen-bond acceptors (Lipinski definition) is 4. The summed E-state index contributed by atoms with van der Waals surface area (Å²) in [6, 6.07) is 4.12. The van der Waals surface area contributed by atoms with Gasteiger partial charge in [0, 0.05) is 0 Å². The number of phenolic OH excluding ortho intramolecular Hbond substituents is 1. The normalized spacial score (nSPS) is 9.50. The van der Waals surface area contributed by atoms with Gasteiger partial charge in [0.05, 0.1) is 0 Å². The Hall–Kier alpha value is -0.0300. The maximum atomic E-state index is 10.5. The summed E-state index contributed by atoms with van der Waals surface area (Å²) in [7, 11) is -2.21. The molecule has 0 aliphatic rings. The maximum Gasteiger partial charge on any atom is 1.00 e. The first-order chi connectivity index (χ1) is 5.11. The molecule has 0 aromatic heterocycles. The summed E-state index contributed by atoms with van der Waals surface area (Å²) in [4.78, 5) is 0.225. The van der Waals surface area contributed by atoms with Gasteiger partial charge in [0.15, 0.2) is 0 Å². The van der Waals surface area contributed by atoms with Gasteiger partial charge in [-0.05, 0) is 29.8 Å². The molecule has 60 valence electrons. The summed E-state index contributed by atoms with van der Waals surface area (Å²) in [6.45, 7) is 1.63. The molecule has 1 aromatic rings. The van der Waals surface area contributed by atoms with Crippen molar-refractivity contribution in [1.82, 2.24) is 0 Å². The van der Waals surface area contributed by atoms with Gasteiger partial charge in [-0.3, -0.25) is 0 Å². The van der Waals surface area contributed by atoms with Crippen LogP contribution in [0.2, 0.25) is 0 Å². The van der Waals surface area contributed by atoms with Crippen molar-refractivity contribution in [1.29, 1.82) is 0 Å². The molecule has 0 atom stereocenters. The summed E-state index contributed by atoms with van der Waals surface area (Å²) in [5.74, 6) is 0.0803. The SMILES string of the molecule is Cc1cc(O)ccc1[S-](=O)=O.[Na+]. The van der Waals surface area contributed by atoms with Crippen LogP contribution in [0.5, 0.6) is 5.75 Å². The Bertz CT molecular complexity index is 339. The molecule has 1 rings (SSSR count). The Kier molecular flexibility index (Phi) is 4.85. The molecule has 3 nitrogen and oxygen atoms in total. The molecule has 0 saturated carbocycles. The van der Waals surface area contributed by atoms with E-state index in [1.807, 2.05) is 0 Å². The zero-order chi connectivity index (χ0) is 8.43. The fourth-order valence-corrected chi connectivity index (χ4v) is 1.32. The predicted octanol–water partition coefficient (Wildman–Crippen LogP) is -1.63. The van der Waals surface area contributed by atoms with Crippen molar-refractivity contribution in [3.05, 3.63) is 23.8 Å². The molecule has 0 amide bonds. The molecule has 0 saturated heterocycles. The van der Waals surface area contributed by atoms with Crippen LogP contribution < -0.4 is 29.6 Å².